The smallest absolute Gasteiger partial charge is 0.235 e. The molecular weight excluding hydrogens is 1890 g/mol. The van der Waals surface area contributed by atoms with Crippen LogP contribution in [0.1, 0.15) is 25.0 Å². The first kappa shape index (κ1) is 86.2. The third-order valence-electron chi connectivity index (χ3n) is 30.2. The van der Waals surface area contributed by atoms with Crippen LogP contribution >= 0.6 is 45.3 Å². The lowest BCUT2D eigenvalue weighted by Crippen LogP contribution is -2.14. The van der Waals surface area contributed by atoms with Gasteiger partial charge in [0.25, 0.3) is 0 Å². The third-order valence-corrected chi connectivity index (χ3v) is 34.8. The van der Waals surface area contributed by atoms with Gasteiger partial charge in [-0.25, -0.2) is 29.9 Å². The number of hydrogen-bond acceptors (Lipinski definition) is 10. The number of fused-ring (bicyclic) bond motifs is 27. The molecular formula is C135H84N10S4. The molecule has 0 bridgehead atoms. The Hall–Kier alpha value is -18.3. The second kappa shape index (κ2) is 34.5. The predicted octanol–water partition coefficient (Wildman–Crippen LogP) is 37.3. The Bertz CT molecular complexity index is 10900. The quantitative estimate of drug-likeness (QED) is 0.128. The fourth-order valence-electron chi connectivity index (χ4n) is 23.1. The number of para-hydroxylation sites is 5. The summed E-state index contributed by atoms with van der Waals surface area (Å²) in [7, 11) is 0. The molecule has 0 radical (unpaired) electrons. The van der Waals surface area contributed by atoms with E-state index >= 15 is 0 Å². The Balaban J connectivity index is 0.000000103. The van der Waals surface area contributed by atoms with Crippen molar-refractivity contribution < 1.29 is 0 Å². The summed E-state index contributed by atoms with van der Waals surface area (Å²) in [5.74, 6) is 1.99. The van der Waals surface area contributed by atoms with Crippen LogP contribution < -0.4 is 0 Å². The molecule has 0 fully saturated rings. The van der Waals surface area contributed by atoms with Gasteiger partial charge in [-0.1, -0.05) is 347 Å². The Morgan fingerprint density at radius 3 is 0.906 bits per heavy atom. The average Bonchev–Trinajstić information content (AvgIpc) is 1.62. The lowest BCUT2D eigenvalue weighted by Gasteiger charge is -2.21. The van der Waals surface area contributed by atoms with Gasteiger partial charge in [-0.3, -0.25) is 13.7 Å². The standard InChI is InChI=1S/C46H28N4S.C46H27N3S2.C43H29N3S/c1-3-13-29(14-4-1)38-28-39(30-23-24-35-34-19-9-12-22-44(34)51-45(35)25-30)48-46(47-38)50-41-21-11-8-18-33(41)37-26-42-36(27-43(37)50)32-17-7-10-20-40(32)49(42)31-15-5-2-6-16-31;1-2-10-28(11-3-1)29-18-20-30(21-19-29)38-27-39(31-22-23-35-33-13-5-8-16-42(33)50-44(35)24-31)48-46(47-38)49-40-15-7-4-12-32(40)36-26-45-37(25-41(36)49)34-14-6-9-17-43(34)51-45;1-43(2)34-17-9-6-14-28(34)31-24-39-32(23-35(31)43)29-15-7-10-18-38(29)46(39)42-44-36(26-12-4-3-5-13-26)25-37(45-42)27-20-21-41-33(22-27)30-16-8-11-19-40(30)47-41/h1-28H;1-27H;3-25H,1-2H3. The maximum absolute atomic E-state index is 5.39. The monoisotopic (exact) mass is 1970 g/mol. The van der Waals surface area contributed by atoms with Crippen molar-refractivity contribution in [3.63, 3.8) is 0 Å². The van der Waals surface area contributed by atoms with Crippen molar-refractivity contribution in [2.45, 2.75) is 19.3 Å². The molecule has 0 saturated heterocycles. The highest BCUT2D eigenvalue weighted by atomic mass is 32.1. The van der Waals surface area contributed by atoms with Gasteiger partial charge in [0, 0.05) is 168 Å². The molecule has 0 aliphatic heterocycles. The highest BCUT2D eigenvalue weighted by molar-refractivity contribution is 7.27. The number of hydrogen-bond donors (Lipinski definition) is 0. The van der Waals surface area contributed by atoms with E-state index in [-0.39, 0.29) is 5.41 Å². The zero-order chi connectivity index (χ0) is 98.2. The van der Waals surface area contributed by atoms with Crippen molar-refractivity contribution in [1.29, 1.82) is 0 Å². The molecule has 149 heavy (non-hydrogen) atoms. The number of rotatable bonds is 11. The van der Waals surface area contributed by atoms with Crippen molar-refractivity contribution in [3.8, 4) is 113 Å². The summed E-state index contributed by atoms with van der Waals surface area (Å²) in [6.45, 7) is 4.68. The first-order chi connectivity index (χ1) is 73.6. The Kier molecular flexibility index (Phi) is 19.9. The Labute approximate surface area is 871 Å². The summed E-state index contributed by atoms with van der Waals surface area (Å²) in [6.07, 6.45) is 0. The molecule has 0 amide bonds. The first-order valence-corrected chi connectivity index (χ1v) is 53.6. The zero-order valence-corrected chi connectivity index (χ0v) is 83.9. The second-order valence-electron chi connectivity index (χ2n) is 39.1. The van der Waals surface area contributed by atoms with E-state index in [1.165, 1.54) is 168 Å². The summed E-state index contributed by atoms with van der Waals surface area (Å²) >= 11 is 7.35. The number of nitrogens with zero attached hydrogens (tertiary/aromatic N) is 10. The van der Waals surface area contributed by atoms with Gasteiger partial charge < -0.3 is 4.57 Å². The van der Waals surface area contributed by atoms with E-state index in [1.807, 2.05) is 51.4 Å². The van der Waals surface area contributed by atoms with Gasteiger partial charge in [0.05, 0.1) is 78.3 Å². The van der Waals surface area contributed by atoms with Crippen molar-refractivity contribution >= 4 is 213 Å². The zero-order valence-electron chi connectivity index (χ0n) is 80.6. The molecule has 31 aromatic rings. The van der Waals surface area contributed by atoms with Crippen molar-refractivity contribution in [2.24, 2.45) is 0 Å². The van der Waals surface area contributed by atoms with E-state index in [2.05, 4.69) is 499 Å². The van der Waals surface area contributed by atoms with E-state index < -0.39 is 0 Å². The van der Waals surface area contributed by atoms with Crippen LogP contribution in [-0.4, -0.2) is 48.2 Å². The summed E-state index contributed by atoms with van der Waals surface area (Å²) in [4.78, 5) is 32.1. The molecule has 14 heteroatoms. The number of aromatic nitrogens is 10. The second-order valence-corrected chi connectivity index (χ2v) is 43.4. The van der Waals surface area contributed by atoms with Crippen LogP contribution in [0.15, 0.2) is 473 Å². The summed E-state index contributed by atoms with van der Waals surface area (Å²) < 4.78 is 19.4. The van der Waals surface area contributed by atoms with Gasteiger partial charge in [0.1, 0.15) is 0 Å². The fourth-order valence-corrected chi connectivity index (χ4v) is 27.6. The topological polar surface area (TPSA) is 97.1 Å². The van der Waals surface area contributed by atoms with Crippen LogP contribution in [0.4, 0.5) is 0 Å². The molecule has 0 atom stereocenters. The molecule has 0 unspecified atom stereocenters. The van der Waals surface area contributed by atoms with Gasteiger partial charge in [-0.2, -0.15) is 0 Å². The molecule has 32 rings (SSSR count). The summed E-state index contributed by atoms with van der Waals surface area (Å²) in [5.41, 5.74) is 29.5. The van der Waals surface area contributed by atoms with Crippen LogP contribution in [-0.2, 0) is 5.41 Å². The van der Waals surface area contributed by atoms with Crippen LogP contribution in [0.5, 0.6) is 0 Å². The fraction of sp³-hybridized carbons (Fsp3) is 0.0222. The number of thiophene rings is 4. The molecule has 11 aromatic heterocycles. The molecule has 1 aliphatic carbocycles. The van der Waals surface area contributed by atoms with Crippen molar-refractivity contribution in [1.82, 2.24) is 48.2 Å². The highest BCUT2D eigenvalue weighted by Crippen LogP contribution is 2.53. The predicted molar refractivity (Wildman–Crippen MR) is 631 cm³/mol. The first-order valence-electron chi connectivity index (χ1n) is 50.3. The van der Waals surface area contributed by atoms with E-state index in [9.17, 15) is 0 Å². The van der Waals surface area contributed by atoms with Gasteiger partial charge in [0.2, 0.25) is 17.8 Å². The molecule has 20 aromatic carbocycles. The van der Waals surface area contributed by atoms with Crippen molar-refractivity contribution in [3.05, 3.63) is 484 Å². The van der Waals surface area contributed by atoms with Crippen LogP contribution in [0, 0.1) is 0 Å². The molecule has 698 valence electrons. The maximum atomic E-state index is 5.39. The molecule has 10 nitrogen and oxygen atoms in total. The summed E-state index contributed by atoms with van der Waals surface area (Å²) in [5, 5.41) is 19.8. The lowest BCUT2D eigenvalue weighted by atomic mass is 9.82. The maximum Gasteiger partial charge on any atom is 0.235 e. The van der Waals surface area contributed by atoms with E-state index in [0.29, 0.717) is 17.8 Å². The third kappa shape index (κ3) is 14.2. The van der Waals surface area contributed by atoms with E-state index in [4.69, 9.17) is 29.9 Å². The van der Waals surface area contributed by atoms with Crippen LogP contribution in [0.25, 0.3) is 281 Å². The molecule has 11 heterocycles. The van der Waals surface area contributed by atoms with E-state index in [0.717, 1.165) is 106 Å². The minimum absolute atomic E-state index is 0.0787. The molecule has 0 N–H and O–H groups in total. The molecule has 1 aliphatic rings. The largest absolute Gasteiger partial charge is 0.309 e. The number of benzene rings is 20. The van der Waals surface area contributed by atoms with Crippen LogP contribution in [0.2, 0.25) is 0 Å². The van der Waals surface area contributed by atoms with E-state index in [1.54, 1.807) is 0 Å². The minimum Gasteiger partial charge on any atom is -0.309 e. The highest BCUT2D eigenvalue weighted by Gasteiger charge is 2.37. The molecule has 0 spiro atoms. The van der Waals surface area contributed by atoms with Gasteiger partial charge in [-0.15, -0.1) is 45.3 Å². The van der Waals surface area contributed by atoms with Gasteiger partial charge in [-0.05, 0) is 173 Å². The Morgan fingerprint density at radius 2 is 0.443 bits per heavy atom. The van der Waals surface area contributed by atoms with Gasteiger partial charge in [0.15, 0.2) is 0 Å². The normalized spacial score (nSPS) is 12.4. The van der Waals surface area contributed by atoms with Gasteiger partial charge >= 0.3 is 0 Å². The Morgan fingerprint density at radius 1 is 0.161 bits per heavy atom. The van der Waals surface area contributed by atoms with Crippen LogP contribution in [0.3, 0.4) is 0 Å². The molecule has 0 saturated carbocycles. The minimum atomic E-state index is -0.0787. The average molecular weight is 1970 g/mol. The SMILES string of the molecule is CC1(C)c2ccccc2-c2cc3c(cc21)c1ccccc1n3-c1nc(-c2ccccc2)cc(-c2ccc3sc4ccccc4c3c2)n1.c1ccc(-c2cc(-c3ccc4c(c3)sc3ccccc34)nc(-n3c4ccccc4c4cc5c(cc43)c3ccccc3n5-c3ccccc3)n2)cc1.c1ccc(-c2ccc(-c3cc(-c4ccc5c(c4)sc4ccccc45)nc(-n4c5ccccc5c5cc6sc7ccccc7c6cc54)n3)cc2)cc1. The lowest BCUT2D eigenvalue weighted by molar-refractivity contribution is 0.661. The van der Waals surface area contributed by atoms with Crippen molar-refractivity contribution in [2.75, 3.05) is 0 Å². The summed E-state index contributed by atoms with van der Waals surface area (Å²) in [6, 6.07) is 170.